The van der Waals surface area contributed by atoms with Gasteiger partial charge in [0, 0.05) is 22.1 Å². The second-order valence-corrected chi connectivity index (χ2v) is 13.9. The number of pyridine rings is 1. The third-order valence-electron chi connectivity index (χ3n) is 10.8. The van der Waals surface area contributed by atoms with Crippen LogP contribution in [0, 0.1) is 11.3 Å². The lowest BCUT2D eigenvalue weighted by Crippen LogP contribution is -2.34. The zero-order valence-corrected chi connectivity index (χ0v) is 29.3. The highest BCUT2D eigenvalue weighted by Gasteiger charge is 2.45. The van der Waals surface area contributed by atoms with E-state index in [2.05, 4.69) is 175 Å². The molecular formula is C50H33N3O. The molecule has 2 aliphatic rings. The van der Waals surface area contributed by atoms with E-state index >= 15 is 0 Å². The maximum atomic E-state index is 9.48. The number of para-hydroxylation sites is 1. The number of nitrogens with one attached hydrogen (secondary N) is 1. The summed E-state index contributed by atoms with van der Waals surface area (Å²) in [5, 5.41) is 14.3. The number of nitriles is 1. The van der Waals surface area contributed by atoms with Crippen LogP contribution in [0.5, 0.6) is 11.5 Å². The molecule has 10 rings (SSSR count). The lowest BCUT2D eigenvalue weighted by molar-refractivity contribution is 0.435. The Morgan fingerprint density at radius 3 is 2.11 bits per heavy atom. The molecule has 0 bridgehead atoms. The van der Waals surface area contributed by atoms with Gasteiger partial charge >= 0.3 is 0 Å². The summed E-state index contributed by atoms with van der Waals surface area (Å²) in [4.78, 5) is 5.26. The third-order valence-corrected chi connectivity index (χ3v) is 10.8. The molecule has 54 heavy (non-hydrogen) atoms. The fourth-order valence-electron chi connectivity index (χ4n) is 8.30. The number of ether oxygens (including phenoxy) is 1. The van der Waals surface area contributed by atoms with Gasteiger partial charge in [-0.3, -0.25) is 0 Å². The Labute approximate surface area is 314 Å². The maximum Gasteiger partial charge on any atom is 0.132 e. The largest absolute Gasteiger partial charge is 0.457 e. The Morgan fingerprint density at radius 2 is 1.30 bits per heavy atom. The first-order valence-corrected chi connectivity index (χ1v) is 18.2. The number of hydrogen-bond acceptors (Lipinski definition) is 4. The van der Waals surface area contributed by atoms with Gasteiger partial charge in [0.2, 0.25) is 0 Å². The van der Waals surface area contributed by atoms with E-state index in [1.165, 1.54) is 11.1 Å². The van der Waals surface area contributed by atoms with Crippen LogP contribution in [-0.4, -0.2) is 4.98 Å². The van der Waals surface area contributed by atoms with Crippen molar-refractivity contribution in [2.24, 2.45) is 0 Å². The van der Waals surface area contributed by atoms with Crippen LogP contribution in [0.25, 0.3) is 39.4 Å². The topological polar surface area (TPSA) is 57.9 Å². The van der Waals surface area contributed by atoms with Gasteiger partial charge in [-0.05, 0) is 69.8 Å². The van der Waals surface area contributed by atoms with Crippen LogP contribution in [-0.2, 0) is 5.41 Å². The zero-order valence-electron chi connectivity index (χ0n) is 29.3. The average Bonchev–Trinajstić information content (AvgIpc) is 3.25. The zero-order chi connectivity index (χ0) is 36.1. The van der Waals surface area contributed by atoms with Crippen molar-refractivity contribution in [3.8, 4) is 40.0 Å². The molecular weight excluding hydrogens is 659 g/mol. The first-order valence-electron chi connectivity index (χ1n) is 18.2. The number of fused-ring (bicyclic) bond motifs is 5. The second-order valence-electron chi connectivity index (χ2n) is 13.9. The van der Waals surface area contributed by atoms with E-state index in [1.807, 2.05) is 24.3 Å². The number of nitrogens with zero attached hydrogens (tertiary/aromatic N) is 2. The maximum absolute atomic E-state index is 9.48. The second kappa shape index (κ2) is 12.8. The van der Waals surface area contributed by atoms with Crippen molar-refractivity contribution in [1.82, 2.24) is 4.98 Å². The fraction of sp³-hybridized carbons (Fsp3) is 0.0400. The summed E-state index contributed by atoms with van der Waals surface area (Å²) in [6.45, 7) is 0. The minimum atomic E-state index is -0.554. The molecule has 0 fully saturated rings. The van der Waals surface area contributed by atoms with Gasteiger partial charge in [0.1, 0.15) is 11.5 Å². The lowest BCUT2D eigenvalue weighted by Gasteiger charge is -2.41. The van der Waals surface area contributed by atoms with Gasteiger partial charge in [-0.2, -0.15) is 5.26 Å². The first-order chi connectivity index (χ1) is 26.7. The van der Waals surface area contributed by atoms with Crippen molar-refractivity contribution < 1.29 is 4.74 Å². The third kappa shape index (κ3) is 5.10. The van der Waals surface area contributed by atoms with Crippen LogP contribution in [0.15, 0.2) is 182 Å². The molecule has 4 heteroatoms. The summed E-state index contributed by atoms with van der Waals surface area (Å²) in [6, 6.07) is 63.6. The van der Waals surface area contributed by atoms with Crippen LogP contribution in [0.1, 0.15) is 45.0 Å². The predicted octanol–water partition coefficient (Wildman–Crippen LogP) is 12.1. The standard InChI is InChI=1S/C50H33N3O/c51-32-33-11-9-13-38(29-33)44-27-24-34-21-22-35-25-28-45(53-49(35)48(34)52-44)39-14-10-12-36(30-39)37-23-26-43-47(31-37)54-46-20-8-7-19-42(46)50(43,40-15-3-1-4-16-40)41-17-5-2-6-18-41/h1-31,44,52H. The summed E-state index contributed by atoms with van der Waals surface area (Å²) >= 11 is 0. The lowest BCUT2D eigenvalue weighted by atomic mass is 9.63. The monoisotopic (exact) mass is 691 g/mol. The van der Waals surface area contributed by atoms with E-state index in [0.29, 0.717) is 5.56 Å². The van der Waals surface area contributed by atoms with E-state index < -0.39 is 5.41 Å². The van der Waals surface area contributed by atoms with Crippen molar-refractivity contribution in [2.45, 2.75) is 11.5 Å². The van der Waals surface area contributed by atoms with Crippen LogP contribution < -0.4 is 10.1 Å². The van der Waals surface area contributed by atoms with E-state index in [9.17, 15) is 5.26 Å². The highest BCUT2D eigenvalue weighted by molar-refractivity contribution is 5.97. The summed E-state index contributed by atoms with van der Waals surface area (Å²) in [7, 11) is 0. The Balaban J connectivity index is 1.06. The molecule has 0 aliphatic carbocycles. The smallest absolute Gasteiger partial charge is 0.132 e. The highest BCUT2D eigenvalue weighted by Crippen LogP contribution is 2.55. The molecule has 0 spiro atoms. The molecule has 254 valence electrons. The summed E-state index contributed by atoms with van der Waals surface area (Å²) in [5.41, 5.74) is 12.8. The van der Waals surface area contributed by atoms with Gasteiger partial charge in [0.05, 0.1) is 40.0 Å². The molecule has 0 amide bonds. The number of benzene rings is 7. The first kappa shape index (κ1) is 31.5. The number of rotatable bonds is 5. The van der Waals surface area contributed by atoms with E-state index in [0.717, 1.165) is 72.7 Å². The molecule has 1 unspecified atom stereocenters. The molecule has 1 N–H and O–H groups in total. The van der Waals surface area contributed by atoms with E-state index in [1.54, 1.807) is 0 Å². The van der Waals surface area contributed by atoms with Crippen LogP contribution in [0.4, 0.5) is 5.69 Å². The van der Waals surface area contributed by atoms with Crippen molar-refractivity contribution in [2.75, 3.05) is 5.32 Å². The molecule has 2 aliphatic heterocycles. The minimum absolute atomic E-state index is 0.0640. The Bertz CT molecular complexity index is 2760. The van der Waals surface area contributed by atoms with Gasteiger partial charge in [-0.1, -0.05) is 152 Å². The molecule has 0 saturated carbocycles. The highest BCUT2D eigenvalue weighted by atomic mass is 16.5. The molecule has 7 aromatic carbocycles. The average molecular weight is 692 g/mol. The van der Waals surface area contributed by atoms with Gasteiger partial charge in [0.15, 0.2) is 0 Å². The summed E-state index contributed by atoms with van der Waals surface area (Å²) < 4.78 is 6.77. The van der Waals surface area contributed by atoms with Crippen LogP contribution in [0.2, 0.25) is 0 Å². The Kier molecular flexibility index (Phi) is 7.45. The van der Waals surface area contributed by atoms with Crippen LogP contribution in [0.3, 0.4) is 0 Å². The molecule has 0 saturated heterocycles. The fourth-order valence-corrected chi connectivity index (χ4v) is 8.30. The van der Waals surface area contributed by atoms with Gasteiger partial charge < -0.3 is 10.1 Å². The van der Waals surface area contributed by atoms with Gasteiger partial charge in [-0.25, -0.2) is 4.98 Å². The molecule has 4 nitrogen and oxygen atoms in total. The number of hydrogen-bond donors (Lipinski definition) is 1. The van der Waals surface area contributed by atoms with Crippen molar-refractivity contribution >= 4 is 22.7 Å². The van der Waals surface area contributed by atoms with Crippen molar-refractivity contribution in [3.63, 3.8) is 0 Å². The Morgan fingerprint density at radius 1 is 0.593 bits per heavy atom. The molecule has 1 aromatic heterocycles. The molecule has 0 radical (unpaired) electrons. The SMILES string of the molecule is N#Cc1cccc(C2C=Cc3ccc4ccc(-c5cccc(-c6ccc7c(c6)Oc6ccccc6C7(c6ccccc6)c6ccccc6)c5)nc4c3N2)c1. The van der Waals surface area contributed by atoms with Crippen molar-refractivity contribution in [3.05, 3.63) is 221 Å². The van der Waals surface area contributed by atoms with Gasteiger partial charge in [-0.15, -0.1) is 0 Å². The summed E-state index contributed by atoms with van der Waals surface area (Å²) in [5.74, 6) is 1.70. The minimum Gasteiger partial charge on any atom is -0.457 e. The van der Waals surface area contributed by atoms with Gasteiger partial charge in [0.25, 0.3) is 0 Å². The van der Waals surface area contributed by atoms with Crippen LogP contribution >= 0.6 is 0 Å². The normalized spacial score (nSPS) is 14.8. The number of aromatic nitrogens is 1. The quantitative estimate of drug-likeness (QED) is 0.195. The number of anilines is 1. The van der Waals surface area contributed by atoms with E-state index in [-0.39, 0.29) is 6.04 Å². The van der Waals surface area contributed by atoms with E-state index in [4.69, 9.17) is 9.72 Å². The molecule has 3 heterocycles. The molecule has 8 aromatic rings. The Hall–Kier alpha value is -7.22. The van der Waals surface area contributed by atoms with Crippen molar-refractivity contribution in [1.29, 1.82) is 5.26 Å². The summed E-state index contributed by atoms with van der Waals surface area (Å²) in [6.07, 6.45) is 4.29. The predicted molar refractivity (Wildman–Crippen MR) is 218 cm³/mol. The molecule has 1 atom stereocenters.